The lowest BCUT2D eigenvalue weighted by Crippen LogP contribution is -2.55. The molecular weight excluding hydrogens is 346 g/mol. The van der Waals surface area contributed by atoms with Gasteiger partial charge in [0.2, 0.25) is 0 Å². The maximum Gasteiger partial charge on any atom is 0.408 e. The molecule has 0 aromatic carbocycles. The summed E-state index contributed by atoms with van der Waals surface area (Å²) in [5.74, 6) is -4.07. The summed E-state index contributed by atoms with van der Waals surface area (Å²) >= 11 is 0. The molecule has 0 unspecified atom stereocenters. The molecule has 1 amide bonds. The van der Waals surface area contributed by atoms with E-state index in [0.717, 1.165) is 0 Å². The number of hydrogen-bond donors (Lipinski definition) is 3. The van der Waals surface area contributed by atoms with Gasteiger partial charge < -0.3 is 25.0 Å². The van der Waals surface area contributed by atoms with Gasteiger partial charge in [-0.15, -0.1) is 0 Å². The van der Waals surface area contributed by atoms with Gasteiger partial charge in [0.25, 0.3) is 0 Å². The van der Waals surface area contributed by atoms with Crippen LogP contribution in [0.3, 0.4) is 0 Å². The molecule has 0 aromatic heterocycles. The van der Waals surface area contributed by atoms with Crippen LogP contribution in [0.2, 0.25) is 0 Å². The molecule has 1 aliphatic rings. The number of aliphatic carboxylic acids is 2. The Hall–Kier alpha value is -2.32. The van der Waals surface area contributed by atoms with E-state index in [-0.39, 0.29) is 32.3 Å². The van der Waals surface area contributed by atoms with E-state index in [0.29, 0.717) is 0 Å². The highest BCUT2D eigenvalue weighted by molar-refractivity contribution is 5.86. The van der Waals surface area contributed by atoms with E-state index in [2.05, 4.69) is 5.32 Å². The Labute approximate surface area is 152 Å². The summed E-state index contributed by atoms with van der Waals surface area (Å²) < 4.78 is 10.3. The van der Waals surface area contributed by atoms with Crippen LogP contribution in [0.4, 0.5) is 4.79 Å². The second-order valence-electron chi connectivity index (χ2n) is 7.55. The fourth-order valence-corrected chi connectivity index (χ4v) is 3.33. The van der Waals surface area contributed by atoms with Gasteiger partial charge in [0.15, 0.2) is 0 Å². The van der Waals surface area contributed by atoms with Crippen molar-refractivity contribution in [1.82, 2.24) is 5.32 Å². The molecule has 3 N–H and O–H groups in total. The van der Waals surface area contributed by atoms with Crippen LogP contribution in [-0.4, -0.2) is 52.0 Å². The zero-order valence-corrected chi connectivity index (χ0v) is 15.5. The first-order valence-corrected chi connectivity index (χ1v) is 8.50. The number of carboxylic acids is 2. The number of rotatable bonds is 7. The first-order chi connectivity index (χ1) is 11.9. The Morgan fingerprint density at radius 1 is 1.04 bits per heavy atom. The lowest BCUT2D eigenvalue weighted by molar-refractivity contribution is -0.151. The summed E-state index contributed by atoms with van der Waals surface area (Å²) in [5, 5.41) is 20.7. The van der Waals surface area contributed by atoms with Crippen LogP contribution in [-0.2, 0) is 23.9 Å². The van der Waals surface area contributed by atoms with Gasteiger partial charge in [-0.1, -0.05) is 0 Å². The zero-order chi connectivity index (χ0) is 20.1. The van der Waals surface area contributed by atoms with Gasteiger partial charge in [-0.2, -0.15) is 0 Å². The summed E-state index contributed by atoms with van der Waals surface area (Å²) in [6, 6.07) is 0. The van der Waals surface area contributed by atoms with E-state index in [4.69, 9.17) is 19.7 Å². The maximum atomic E-state index is 12.5. The van der Waals surface area contributed by atoms with Gasteiger partial charge in [0.05, 0.1) is 6.61 Å². The molecule has 9 nitrogen and oxygen atoms in total. The largest absolute Gasteiger partial charge is 0.481 e. The van der Waals surface area contributed by atoms with Gasteiger partial charge in [-0.25, -0.2) is 9.59 Å². The molecule has 1 saturated carbocycles. The number of alkyl carbamates (subject to hydrolysis) is 1. The molecule has 0 saturated heterocycles. The van der Waals surface area contributed by atoms with Gasteiger partial charge in [0.1, 0.15) is 11.1 Å². The second-order valence-corrected chi connectivity index (χ2v) is 7.55. The molecule has 0 aliphatic heterocycles. The molecule has 0 bridgehead atoms. The zero-order valence-electron chi connectivity index (χ0n) is 15.5. The Kier molecular flexibility index (Phi) is 7.00. The van der Waals surface area contributed by atoms with Crippen molar-refractivity contribution < 1.29 is 38.9 Å². The number of carbonyl (C=O) groups is 4. The van der Waals surface area contributed by atoms with Crippen LogP contribution in [0.25, 0.3) is 0 Å². The van der Waals surface area contributed by atoms with Crippen molar-refractivity contribution >= 4 is 24.0 Å². The average molecular weight is 373 g/mol. The predicted octanol–water partition coefficient (Wildman–Crippen LogP) is 1.79. The highest BCUT2D eigenvalue weighted by Crippen LogP contribution is 2.44. The van der Waals surface area contributed by atoms with Crippen molar-refractivity contribution in [2.45, 2.75) is 64.5 Å². The summed E-state index contributed by atoms with van der Waals surface area (Å²) in [6.45, 7) is 6.68. The normalized spacial score (nSPS) is 21.7. The third-order valence-corrected chi connectivity index (χ3v) is 4.17. The minimum Gasteiger partial charge on any atom is -0.481 e. The van der Waals surface area contributed by atoms with Crippen LogP contribution >= 0.6 is 0 Å². The molecule has 0 aromatic rings. The summed E-state index contributed by atoms with van der Waals surface area (Å²) in [6.07, 6.45) is -1.47. The summed E-state index contributed by atoms with van der Waals surface area (Å²) in [5.41, 5.74) is -2.29. The monoisotopic (exact) mass is 373 g/mol. The molecule has 26 heavy (non-hydrogen) atoms. The predicted molar refractivity (Wildman–Crippen MR) is 89.5 cm³/mol. The summed E-state index contributed by atoms with van der Waals surface area (Å²) in [4.78, 5) is 47.0. The maximum absolute atomic E-state index is 12.5. The van der Waals surface area contributed by atoms with Crippen LogP contribution in [0.15, 0.2) is 0 Å². The molecule has 148 valence electrons. The van der Waals surface area contributed by atoms with Gasteiger partial charge in [0, 0.05) is 12.8 Å². The molecule has 1 rings (SSSR count). The van der Waals surface area contributed by atoms with E-state index in [1.54, 1.807) is 27.7 Å². The van der Waals surface area contributed by atoms with Crippen LogP contribution in [0.1, 0.15) is 53.4 Å². The first-order valence-electron chi connectivity index (χ1n) is 8.50. The van der Waals surface area contributed by atoms with Crippen molar-refractivity contribution in [3.63, 3.8) is 0 Å². The molecule has 1 aliphatic carbocycles. The third kappa shape index (κ3) is 6.20. The molecule has 1 fully saturated rings. The van der Waals surface area contributed by atoms with Gasteiger partial charge >= 0.3 is 24.0 Å². The smallest absolute Gasteiger partial charge is 0.408 e. The molecule has 0 spiro atoms. The van der Waals surface area contributed by atoms with E-state index in [1.807, 2.05) is 0 Å². The minimum absolute atomic E-state index is 0.0185. The fourth-order valence-electron chi connectivity index (χ4n) is 3.33. The number of carboxylic acid groups (broad SMARTS) is 2. The number of hydrogen-bond acceptors (Lipinski definition) is 6. The van der Waals surface area contributed by atoms with E-state index >= 15 is 0 Å². The number of ether oxygens (including phenoxy) is 2. The molecule has 0 radical (unpaired) electrons. The van der Waals surface area contributed by atoms with Crippen LogP contribution in [0.5, 0.6) is 0 Å². The lowest BCUT2D eigenvalue weighted by Gasteiger charge is -2.30. The van der Waals surface area contributed by atoms with Crippen molar-refractivity contribution in [2.24, 2.45) is 11.8 Å². The second kappa shape index (κ2) is 8.37. The topological polar surface area (TPSA) is 139 Å². The number of amides is 1. The number of carbonyl (C=O) groups excluding carboxylic acids is 2. The SMILES string of the molecule is CCOC(=O)C1(NC(=O)OC(C)(C)C)C[C@@H](CC(=O)O)[C@H](CC(=O)O)C1. The Morgan fingerprint density at radius 2 is 1.50 bits per heavy atom. The van der Waals surface area contributed by atoms with Crippen molar-refractivity contribution in [3.8, 4) is 0 Å². The average Bonchev–Trinajstić information content (AvgIpc) is 2.73. The minimum atomic E-state index is -1.50. The lowest BCUT2D eigenvalue weighted by atomic mass is 9.90. The number of nitrogens with one attached hydrogen (secondary N) is 1. The van der Waals surface area contributed by atoms with Crippen LogP contribution in [0, 0.1) is 11.8 Å². The fraction of sp³-hybridized carbons (Fsp3) is 0.765. The van der Waals surface area contributed by atoms with Crippen molar-refractivity contribution in [3.05, 3.63) is 0 Å². The Balaban J connectivity index is 3.11. The molecule has 2 atom stereocenters. The molecular formula is C17H27NO8. The Bertz CT molecular complexity index is 542. The Morgan fingerprint density at radius 3 is 1.85 bits per heavy atom. The summed E-state index contributed by atoms with van der Waals surface area (Å²) in [7, 11) is 0. The van der Waals surface area contributed by atoms with Gasteiger partial charge in [-0.3, -0.25) is 9.59 Å². The molecule has 0 heterocycles. The van der Waals surface area contributed by atoms with Gasteiger partial charge in [-0.05, 0) is 52.4 Å². The number of esters is 1. The van der Waals surface area contributed by atoms with E-state index < -0.39 is 47.0 Å². The van der Waals surface area contributed by atoms with Crippen LogP contribution < -0.4 is 5.32 Å². The molecule has 9 heteroatoms. The quantitative estimate of drug-likeness (QED) is 0.574. The standard InChI is InChI=1S/C17H27NO8/c1-5-25-14(23)17(18-15(24)26-16(2,3)4)8-10(6-12(19)20)11(9-17)7-13(21)22/h10-11H,5-9H2,1-4H3,(H,18,24)(H,19,20)(H,21,22)/t10-,11-/m1/s1. The van der Waals surface area contributed by atoms with Crippen molar-refractivity contribution in [1.29, 1.82) is 0 Å². The highest BCUT2D eigenvalue weighted by Gasteiger charge is 2.53. The van der Waals surface area contributed by atoms with E-state index in [9.17, 15) is 19.2 Å². The van der Waals surface area contributed by atoms with E-state index in [1.165, 1.54) is 0 Å². The van der Waals surface area contributed by atoms with Crippen molar-refractivity contribution in [2.75, 3.05) is 6.61 Å². The highest BCUT2D eigenvalue weighted by atomic mass is 16.6. The first kappa shape index (κ1) is 21.7. The third-order valence-electron chi connectivity index (χ3n) is 4.17.